The van der Waals surface area contributed by atoms with E-state index in [0.29, 0.717) is 25.0 Å². The monoisotopic (exact) mass is 396 g/mol. The second-order valence-electron chi connectivity index (χ2n) is 5.55. The van der Waals surface area contributed by atoms with E-state index < -0.39 is 8.25 Å². The molecule has 0 rings (SSSR count). The maximum absolute atomic E-state index is 12.0. The number of thioether (sulfide) groups is 2. The molecule has 0 aromatic rings. The molecule has 0 saturated heterocycles. The van der Waals surface area contributed by atoms with Crippen LogP contribution in [0.15, 0.2) is 0 Å². The molecule has 0 fully saturated rings. The molecule has 0 spiro atoms. The lowest BCUT2D eigenvalue weighted by Crippen LogP contribution is -2.14. The van der Waals surface area contributed by atoms with Crippen LogP contribution in [0.1, 0.15) is 71.6 Å². The van der Waals surface area contributed by atoms with Crippen molar-refractivity contribution in [3.63, 3.8) is 0 Å². The third kappa shape index (κ3) is 15.6. The Bertz CT molecular complexity index is 379. The van der Waals surface area contributed by atoms with E-state index in [1.54, 1.807) is 0 Å². The molecule has 0 aliphatic rings. The molecule has 2 atom stereocenters. The van der Waals surface area contributed by atoms with Gasteiger partial charge < -0.3 is 4.89 Å². The summed E-state index contributed by atoms with van der Waals surface area (Å²) in [5.74, 6) is 0.522. The standard InChI is InChI=1S/C16H29O5PS2/c1-3-5-7-9-15(17)23-13-14(11-12-21-22(19)20)24-16(18)10-8-6-4-2/h14H,3-13H2,1-2H3. The average Bonchev–Trinajstić information content (AvgIpc) is 2.52. The largest absolute Gasteiger partial charge is 0.566 e. The third-order valence-corrected chi connectivity index (χ3v) is 6.24. The van der Waals surface area contributed by atoms with Crippen LogP contribution in [0.4, 0.5) is 0 Å². The van der Waals surface area contributed by atoms with Gasteiger partial charge in [0.15, 0.2) is 10.2 Å². The molecule has 0 aliphatic carbocycles. The Balaban J connectivity index is 4.22. The zero-order valence-corrected chi connectivity index (χ0v) is 17.2. The predicted molar refractivity (Wildman–Crippen MR) is 100 cm³/mol. The minimum Gasteiger partial charge on any atom is -0.566 e. The highest BCUT2D eigenvalue weighted by Crippen LogP contribution is 2.25. The van der Waals surface area contributed by atoms with E-state index in [-0.39, 0.29) is 22.1 Å². The Hall–Kier alpha value is 0.0600. The molecule has 0 bridgehead atoms. The topological polar surface area (TPSA) is 83.5 Å². The zero-order valence-electron chi connectivity index (χ0n) is 14.7. The van der Waals surface area contributed by atoms with Gasteiger partial charge in [0.05, 0.1) is 0 Å². The van der Waals surface area contributed by atoms with Gasteiger partial charge in [0, 0.05) is 23.8 Å². The van der Waals surface area contributed by atoms with Crippen molar-refractivity contribution in [3.05, 3.63) is 0 Å². The fourth-order valence-electron chi connectivity index (χ4n) is 1.98. The lowest BCUT2D eigenvalue weighted by Gasteiger charge is -2.13. The minimum atomic E-state index is -2.86. The molecular formula is C16H29O5PS2. The smallest absolute Gasteiger partial charge is 0.488 e. The lowest BCUT2D eigenvalue weighted by molar-refractivity contribution is -0.185. The second kappa shape index (κ2) is 16.5. The number of rotatable bonds is 15. The molecule has 8 heteroatoms. The highest BCUT2D eigenvalue weighted by molar-refractivity contribution is 8.17. The van der Waals surface area contributed by atoms with E-state index in [1.165, 1.54) is 23.5 Å². The normalized spacial score (nSPS) is 12.9. The van der Waals surface area contributed by atoms with Crippen molar-refractivity contribution >= 4 is 42.0 Å². The van der Waals surface area contributed by atoms with Crippen molar-refractivity contribution in [2.75, 3.05) is 12.4 Å². The molecule has 0 amide bonds. The van der Waals surface area contributed by atoms with Crippen molar-refractivity contribution in [1.82, 2.24) is 0 Å². The Morgan fingerprint density at radius 1 is 1.04 bits per heavy atom. The quantitative estimate of drug-likeness (QED) is 0.298. The van der Waals surface area contributed by atoms with Gasteiger partial charge in [-0.15, -0.1) is 4.52 Å². The van der Waals surface area contributed by atoms with Crippen LogP contribution in [0.3, 0.4) is 0 Å². The molecule has 0 aromatic carbocycles. The van der Waals surface area contributed by atoms with Gasteiger partial charge in [0.2, 0.25) is 0 Å². The van der Waals surface area contributed by atoms with Crippen LogP contribution >= 0.6 is 31.8 Å². The maximum atomic E-state index is 12.0. The van der Waals surface area contributed by atoms with Crippen molar-refractivity contribution in [1.29, 1.82) is 0 Å². The fourth-order valence-corrected chi connectivity index (χ4v) is 4.38. The van der Waals surface area contributed by atoms with Crippen LogP contribution < -0.4 is 4.89 Å². The molecular weight excluding hydrogens is 367 g/mol. The lowest BCUT2D eigenvalue weighted by atomic mass is 10.2. The fraction of sp³-hybridized carbons (Fsp3) is 0.875. The molecule has 140 valence electrons. The van der Waals surface area contributed by atoms with Gasteiger partial charge in [-0.3, -0.25) is 9.59 Å². The van der Waals surface area contributed by atoms with E-state index in [0.717, 1.165) is 38.5 Å². The Morgan fingerprint density at radius 3 is 2.17 bits per heavy atom. The Labute approximate surface area is 155 Å². The molecule has 0 aliphatic heterocycles. The number of hydrogen-bond donors (Lipinski definition) is 0. The Morgan fingerprint density at radius 2 is 1.62 bits per heavy atom. The minimum absolute atomic E-state index is 0.0587. The summed E-state index contributed by atoms with van der Waals surface area (Å²) in [5, 5.41) is 0.163. The van der Waals surface area contributed by atoms with Gasteiger partial charge in [0.25, 0.3) is 0 Å². The van der Waals surface area contributed by atoms with Crippen LogP contribution in [0.25, 0.3) is 0 Å². The molecule has 0 heterocycles. The van der Waals surface area contributed by atoms with Gasteiger partial charge in [-0.1, -0.05) is 63.1 Å². The summed E-state index contributed by atoms with van der Waals surface area (Å²) in [5.41, 5.74) is 0. The summed E-state index contributed by atoms with van der Waals surface area (Å²) >= 11 is 2.47. The third-order valence-electron chi connectivity index (χ3n) is 3.33. The Kier molecular flexibility index (Phi) is 16.6. The maximum Gasteiger partial charge on any atom is 0.488 e. The highest BCUT2D eigenvalue weighted by Gasteiger charge is 2.18. The van der Waals surface area contributed by atoms with E-state index in [2.05, 4.69) is 18.4 Å². The van der Waals surface area contributed by atoms with Crippen molar-refractivity contribution < 1.29 is 23.6 Å². The van der Waals surface area contributed by atoms with Crippen molar-refractivity contribution in [2.45, 2.75) is 76.9 Å². The predicted octanol–water partition coefficient (Wildman–Crippen LogP) is 4.46. The van der Waals surface area contributed by atoms with Crippen LogP contribution in [0.2, 0.25) is 0 Å². The molecule has 24 heavy (non-hydrogen) atoms. The van der Waals surface area contributed by atoms with E-state index >= 15 is 0 Å². The summed E-state index contributed by atoms with van der Waals surface area (Å²) in [7, 11) is -2.86. The number of hydrogen-bond acceptors (Lipinski definition) is 7. The molecule has 2 unspecified atom stereocenters. The SMILES string of the molecule is CCCCCC(=O)SCC(CCO[P+](=O)[O-])SC(=O)CCCCC. The average molecular weight is 397 g/mol. The van der Waals surface area contributed by atoms with E-state index in [1.807, 2.05) is 0 Å². The zero-order chi connectivity index (χ0) is 18.2. The first-order valence-corrected chi connectivity index (χ1v) is 11.6. The van der Waals surface area contributed by atoms with Crippen LogP contribution in [-0.4, -0.2) is 27.8 Å². The molecule has 0 N–H and O–H groups in total. The van der Waals surface area contributed by atoms with E-state index in [9.17, 15) is 19.0 Å². The van der Waals surface area contributed by atoms with Crippen molar-refractivity contribution in [3.8, 4) is 0 Å². The van der Waals surface area contributed by atoms with Crippen molar-refractivity contribution in [2.24, 2.45) is 0 Å². The number of carbonyl (C=O) groups excluding carboxylic acids is 2. The number of carbonyl (C=O) groups is 2. The van der Waals surface area contributed by atoms with Gasteiger partial charge >= 0.3 is 8.25 Å². The van der Waals surface area contributed by atoms with Gasteiger partial charge in [-0.2, -0.15) is 0 Å². The molecule has 5 nitrogen and oxygen atoms in total. The summed E-state index contributed by atoms with van der Waals surface area (Å²) in [6.45, 7) is 4.24. The first-order valence-electron chi connectivity index (χ1n) is 8.62. The van der Waals surface area contributed by atoms with E-state index in [4.69, 9.17) is 0 Å². The summed E-state index contributed by atoms with van der Waals surface area (Å²) in [6.07, 6.45) is 7.52. The molecule has 0 aromatic heterocycles. The summed E-state index contributed by atoms with van der Waals surface area (Å²) < 4.78 is 15.0. The summed E-state index contributed by atoms with van der Waals surface area (Å²) in [4.78, 5) is 34.3. The highest BCUT2D eigenvalue weighted by atomic mass is 32.2. The van der Waals surface area contributed by atoms with Gasteiger partial charge in [-0.05, 0) is 23.8 Å². The number of unbranched alkanes of at least 4 members (excludes halogenated alkanes) is 4. The van der Waals surface area contributed by atoms with Crippen LogP contribution in [-0.2, 0) is 18.7 Å². The second-order valence-corrected chi connectivity index (χ2v) is 8.70. The van der Waals surface area contributed by atoms with Gasteiger partial charge in [-0.25, -0.2) is 0 Å². The molecule has 0 radical (unpaired) electrons. The van der Waals surface area contributed by atoms with Crippen LogP contribution in [0.5, 0.6) is 0 Å². The molecule has 0 saturated carbocycles. The van der Waals surface area contributed by atoms with Crippen LogP contribution in [0, 0.1) is 0 Å². The van der Waals surface area contributed by atoms with Gasteiger partial charge in [0.1, 0.15) is 6.61 Å². The first-order chi connectivity index (χ1) is 11.5. The first kappa shape index (κ1) is 24.1. The summed E-state index contributed by atoms with van der Waals surface area (Å²) in [6, 6.07) is 0.